The number of para-hydroxylation sites is 1. The number of fused-ring (bicyclic) bond motifs is 1. The first kappa shape index (κ1) is 14.3. The highest BCUT2D eigenvalue weighted by Gasteiger charge is 2.32. The number of anilines is 1. The third kappa shape index (κ3) is 2.24. The van der Waals surface area contributed by atoms with Crippen LogP contribution in [-0.2, 0) is 6.42 Å². The molecule has 112 valence electrons. The SMILES string of the molecule is Cc1ccc(C)c(C(=O)N2CCc3cccc([N+](=O)[O-])c32)c1. The molecule has 3 rings (SSSR count). The number of amides is 1. The summed E-state index contributed by atoms with van der Waals surface area (Å²) in [6, 6.07) is 10.7. The lowest BCUT2D eigenvalue weighted by atomic mass is 10.0. The molecular weight excluding hydrogens is 280 g/mol. The van der Waals surface area contributed by atoms with Crippen LogP contribution < -0.4 is 4.90 Å². The van der Waals surface area contributed by atoms with Gasteiger partial charge in [-0.15, -0.1) is 0 Å². The number of nitro benzene ring substituents is 1. The van der Waals surface area contributed by atoms with Gasteiger partial charge in [-0.05, 0) is 37.5 Å². The molecule has 0 saturated carbocycles. The Bertz CT molecular complexity index is 783. The van der Waals surface area contributed by atoms with E-state index < -0.39 is 4.92 Å². The first-order valence-corrected chi connectivity index (χ1v) is 7.14. The van der Waals surface area contributed by atoms with Crippen molar-refractivity contribution in [2.75, 3.05) is 11.4 Å². The first-order valence-electron chi connectivity index (χ1n) is 7.14. The van der Waals surface area contributed by atoms with Crippen molar-refractivity contribution >= 4 is 17.3 Å². The second kappa shape index (κ2) is 5.26. The average molecular weight is 296 g/mol. The molecule has 2 aromatic carbocycles. The van der Waals surface area contributed by atoms with Crippen molar-refractivity contribution in [2.45, 2.75) is 20.3 Å². The second-order valence-electron chi connectivity index (χ2n) is 5.57. The molecule has 0 saturated heterocycles. The lowest BCUT2D eigenvalue weighted by Crippen LogP contribution is -2.30. The lowest BCUT2D eigenvalue weighted by molar-refractivity contribution is -0.384. The van der Waals surface area contributed by atoms with E-state index in [2.05, 4.69) is 0 Å². The number of hydrogen-bond donors (Lipinski definition) is 0. The van der Waals surface area contributed by atoms with Gasteiger partial charge in [-0.2, -0.15) is 0 Å². The van der Waals surface area contributed by atoms with Crippen LogP contribution in [0.2, 0.25) is 0 Å². The molecule has 0 N–H and O–H groups in total. The summed E-state index contributed by atoms with van der Waals surface area (Å²) in [5.74, 6) is -0.172. The van der Waals surface area contributed by atoms with Crippen molar-refractivity contribution in [1.82, 2.24) is 0 Å². The molecule has 1 amide bonds. The summed E-state index contributed by atoms with van der Waals surface area (Å²) in [5, 5.41) is 11.3. The number of carbonyl (C=O) groups is 1. The first-order chi connectivity index (χ1) is 10.5. The Balaban J connectivity index is 2.08. The van der Waals surface area contributed by atoms with Crippen molar-refractivity contribution in [1.29, 1.82) is 0 Å². The highest BCUT2D eigenvalue weighted by Crippen LogP contribution is 2.37. The lowest BCUT2D eigenvalue weighted by Gasteiger charge is -2.18. The van der Waals surface area contributed by atoms with Gasteiger partial charge in [0, 0.05) is 18.2 Å². The van der Waals surface area contributed by atoms with Crippen LogP contribution >= 0.6 is 0 Å². The van der Waals surface area contributed by atoms with Gasteiger partial charge in [0.05, 0.1) is 4.92 Å². The van der Waals surface area contributed by atoms with E-state index in [1.165, 1.54) is 11.0 Å². The van der Waals surface area contributed by atoms with E-state index in [0.717, 1.165) is 16.7 Å². The summed E-state index contributed by atoms with van der Waals surface area (Å²) < 4.78 is 0. The van der Waals surface area contributed by atoms with Crippen molar-refractivity contribution < 1.29 is 9.72 Å². The number of carbonyl (C=O) groups excluding carboxylic acids is 1. The molecule has 0 fully saturated rings. The minimum absolute atomic E-state index is 0.00587. The van der Waals surface area contributed by atoms with Gasteiger partial charge < -0.3 is 4.90 Å². The molecule has 1 heterocycles. The maximum absolute atomic E-state index is 12.9. The molecule has 0 spiro atoms. The van der Waals surface area contributed by atoms with Crippen LogP contribution in [0, 0.1) is 24.0 Å². The Kier molecular flexibility index (Phi) is 3.41. The molecule has 0 aliphatic carbocycles. The third-order valence-electron chi connectivity index (χ3n) is 4.04. The Labute approximate surface area is 128 Å². The summed E-state index contributed by atoms with van der Waals surface area (Å²) in [5.41, 5.74) is 3.77. The minimum Gasteiger partial charge on any atom is -0.302 e. The fraction of sp³-hybridized carbons (Fsp3) is 0.235. The van der Waals surface area contributed by atoms with Gasteiger partial charge in [0.2, 0.25) is 0 Å². The van der Waals surface area contributed by atoms with E-state index in [9.17, 15) is 14.9 Å². The van der Waals surface area contributed by atoms with Gasteiger partial charge >= 0.3 is 0 Å². The Hall–Kier alpha value is -2.69. The van der Waals surface area contributed by atoms with Gasteiger partial charge in [0.1, 0.15) is 5.69 Å². The number of rotatable bonds is 2. The fourth-order valence-corrected chi connectivity index (χ4v) is 2.90. The van der Waals surface area contributed by atoms with Crippen molar-refractivity contribution in [2.24, 2.45) is 0 Å². The predicted octanol–water partition coefficient (Wildman–Crippen LogP) is 3.41. The smallest absolute Gasteiger partial charge is 0.293 e. The molecule has 0 bridgehead atoms. The summed E-state index contributed by atoms with van der Waals surface area (Å²) >= 11 is 0. The molecule has 0 aromatic heterocycles. The zero-order valence-corrected chi connectivity index (χ0v) is 12.5. The van der Waals surface area contributed by atoms with E-state index in [4.69, 9.17) is 0 Å². The van der Waals surface area contributed by atoms with Crippen LogP contribution in [0.25, 0.3) is 0 Å². The predicted molar refractivity (Wildman–Crippen MR) is 84.4 cm³/mol. The zero-order chi connectivity index (χ0) is 15.9. The standard InChI is InChI=1S/C17H16N2O3/c1-11-6-7-12(2)14(10-11)17(20)18-9-8-13-4-3-5-15(16(13)18)19(21)22/h3-7,10H,8-9H2,1-2H3. The zero-order valence-electron chi connectivity index (χ0n) is 12.5. The van der Waals surface area contributed by atoms with Crippen LogP contribution in [-0.4, -0.2) is 17.4 Å². The molecule has 22 heavy (non-hydrogen) atoms. The van der Waals surface area contributed by atoms with E-state index in [0.29, 0.717) is 24.2 Å². The molecule has 1 aliphatic rings. The fourth-order valence-electron chi connectivity index (χ4n) is 2.90. The van der Waals surface area contributed by atoms with Crippen LogP contribution in [0.3, 0.4) is 0 Å². The van der Waals surface area contributed by atoms with Gasteiger partial charge in [-0.25, -0.2) is 0 Å². The highest BCUT2D eigenvalue weighted by molar-refractivity contribution is 6.09. The quantitative estimate of drug-likeness (QED) is 0.630. The van der Waals surface area contributed by atoms with Gasteiger partial charge in [-0.1, -0.05) is 29.8 Å². The van der Waals surface area contributed by atoms with Crippen LogP contribution in [0.5, 0.6) is 0 Å². The molecular formula is C17H16N2O3. The number of benzene rings is 2. The Morgan fingerprint density at radius 2 is 2.00 bits per heavy atom. The summed E-state index contributed by atoms with van der Waals surface area (Å²) in [6.07, 6.45) is 0.646. The molecule has 5 heteroatoms. The monoisotopic (exact) mass is 296 g/mol. The summed E-state index contributed by atoms with van der Waals surface area (Å²) in [6.45, 7) is 4.28. The minimum atomic E-state index is -0.423. The molecule has 0 unspecified atom stereocenters. The molecule has 0 radical (unpaired) electrons. The van der Waals surface area contributed by atoms with E-state index >= 15 is 0 Å². The van der Waals surface area contributed by atoms with Crippen LogP contribution in [0.1, 0.15) is 27.0 Å². The van der Waals surface area contributed by atoms with Crippen molar-refractivity contribution in [3.05, 3.63) is 68.8 Å². The van der Waals surface area contributed by atoms with Crippen molar-refractivity contribution in [3.8, 4) is 0 Å². The molecule has 0 atom stereocenters. The second-order valence-corrected chi connectivity index (χ2v) is 5.57. The maximum Gasteiger partial charge on any atom is 0.293 e. The van der Waals surface area contributed by atoms with Gasteiger partial charge in [0.15, 0.2) is 0 Å². The van der Waals surface area contributed by atoms with E-state index in [1.54, 1.807) is 6.07 Å². The molecule has 2 aromatic rings. The summed E-state index contributed by atoms with van der Waals surface area (Å²) in [7, 11) is 0. The molecule has 1 aliphatic heterocycles. The Morgan fingerprint density at radius 3 is 2.73 bits per heavy atom. The number of nitrogens with zero attached hydrogens (tertiary/aromatic N) is 2. The largest absolute Gasteiger partial charge is 0.302 e. The number of aryl methyl sites for hydroxylation is 2. The summed E-state index contributed by atoms with van der Waals surface area (Å²) in [4.78, 5) is 25.2. The van der Waals surface area contributed by atoms with Crippen LogP contribution in [0.4, 0.5) is 11.4 Å². The van der Waals surface area contributed by atoms with Gasteiger partial charge in [-0.3, -0.25) is 14.9 Å². The normalized spacial score (nSPS) is 13.1. The van der Waals surface area contributed by atoms with Gasteiger partial charge in [0.25, 0.3) is 11.6 Å². The van der Waals surface area contributed by atoms with E-state index in [1.807, 2.05) is 38.1 Å². The highest BCUT2D eigenvalue weighted by atomic mass is 16.6. The molecule has 5 nitrogen and oxygen atoms in total. The maximum atomic E-state index is 12.9. The van der Waals surface area contributed by atoms with Crippen LogP contribution in [0.15, 0.2) is 36.4 Å². The van der Waals surface area contributed by atoms with Crippen molar-refractivity contribution in [3.63, 3.8) is 0 Å². The third-order valence-corrected chi connectivity index (χ3v) is 4.04. The number of hydrogen-bond acceptors (Lipinski definition) is 3. The Morgan fingerprint density at radius 1 is 1.23 bits per heavy atom. The van der Waals surface area contributed by atoms with E-state index in [-0.39, 0.29) is 11.6 Å². The average Bonchev–Trinajstić information content (AvgIpc) is 2.92. The number of nitro groups is 1. The topological polar surface area (TPSA) is 63.5 Å².